The van der Waals surface area contributed by atoms with Gasteiger partial charge in [0.15, 0.2) is 0 Å². The molecule has 2 aliphatic carbocycles. The lowest BCUT2D eigenvalue weighted by Crippen LogP contribution is -2.46. The molecule has 2 fully saturated rings. The van der Waals surface area contributed by atoms with Crippen molar-refractivity contribution in [1.29, 1.82) is 0 Å². The quantitative estimate of drug-likeness (QED) is 0.567. The van der Waals surface area contributed by atoms with Crippen LogP contribution >= 0.6 is 23.5 Å². The number of hydrogen-bond donors (Lipinski definition) is 0. The van der Waals surface area contributed by atoms with Gasteiger partial charge in [-0.2, -0.15) is 0 Å². The van der Waals surface area contributed by atoms with Crippen molar-refractivity contribution in [3.8, 4) is 0 Å². The van der Waals surface area contributed by atoms with Crippen molar-refractivity contribution in [2.45, 2.75) is 61.4 Å². The molecule has 0 amide bonds. The number of thioether (sulfide) groups is 2. The van der Waals surface area contributed by atoms with Crippen molar-refractivity contribution in [3.63, 3.8) is 0 Å². The van der Waals surface area contributed by atoms with E-state index in [0.29, 0.717) is 0 Å². The Labute approximate surface area is 139 Å². The first-order valence-corrected chi connectivity index (χ1v) is 13.7. The van der Waals surface area contributed by atoms with E-state index in [9.17, 15) is 0 Å². The molecule has 8 unspecified atom stereocenters. The Morgan fingerprint density at radius 2 is 1.62 bits per heavy atom. The molecule has 0 radical (unpaired) electrons. The summed E-state index contributed by atoms with van der Waals surface area (Å²) in [6.07, 6.45) is 8.01. The number of allylic oxidation sites excluding steroid dienone is 2. The summed E-state index contributed by atoms with van der Waals surface area (Å²) < 4.78 is 0. The van der Waals surface area contributed by atoms with Gasteiger partial charge in [-0.3, -0.25) is 0 Å². The SMILES string of the molecule is CC1CC2SC=CC2C1[Si](C)(C)C1C(C)CC2C=CSC21. The number of fused-ring (bicyclic) bond motifs is 2. The standard InChI is InChI=1S/C18H28S2Si/c1-11-9-13-5-7-20-16(13)18(11)21(3,4)17-12(2)10-15-14(17)6-8-19-15/h5-8,11-18H,9-10H2,1-4H3. The molecule has 0 nitrogen and oxygen atoms in total. The Bertz CT molecular complexity index is 484. The molecule has 21 heavy (non-hydrogen) atoms. The van der Waals surface area contributed by atoms with Crippen molar-refractivity contribution in [1.82, 2.24) is 0 Å². The molecule has 8 atom stereocenters. The number of rotatable bonds is 2. The average molecular weight is 337 g/mol. The summed E-state index contributed by atoms with van der Waals surface area (Å²) in [5, 5.41) is 6.65. The highest BCUT2D eigenvalue weighted by atomic mass is 32.2. The summed E-state index contributed by atoms with van der Waals surface area (Å²) in [6, 6.07) is 0. The van der Waals surface area contributed by atoms with Crippen molar-refractivity contribution in [3.05, 3.63) is 23.0 Å². The fraction of sp³-hybridized carbons (Fsp3) is 0.778. The summed E-state index contributed by atoms with van der Waals surface area (Å²) in [6.45, 7) is 10.6. The van der Waals surface area contributed by atoms with Gasteiger partial charge in [0.05, 0.1) is 8.07 Å². The van der Waals surface area contributed by atoms with E-state index in [1.807, 2.05) is 0 Å². The Hall–Kier alpha value is 0.397. The van der Waals surface area contributed by atoms with E-state index in [1.54, 1.807) is 0 Å². The van der Waals surface area contributed by atoms with Crippen LogP contribution in [0.5, 0.6) is 0 Å². The summed E-state index contributed by atoms with van der Waals surface area (Å²) in [5.41, 5.74) is 2.04. The predicted octanol–water partition coefficient (Wildman–Crippen LogP) is 6.01. The van der Waals surface area contributed by atoms with Gasteiger partial charge in [-0.15, -0.1) is 23.5 Å². The van der Waals surface area contributed by atoms with Gasteiger partial charge in [-0.1, -0.05) is 39.1 Å². The van der Waals surface area contributed by atoms with Gasteiger partial charge in [0, 0.05) is 10.5 Å². The van der Waals surface area contributed by atoms with Gasteiger partial charge in [0.1, 0.15) is 0 Å². The van der Waals surface area contributed by atoms with E-state index in [2.05, 4.69) is 73.4 Å². The van der Waals surface area contributed by atoms with Crippen LogP contribution in [0.2, 0.25) is 24.2 Å². The van der Waals surface area contributed by atoms with Crippen molar-refractivity contribution < 1.29 is 0 Å². The van der Waals surface area contributed by atoms with E-state index < -0.39 is 8.07 Å². The minimum atomic E-state index is -1.26. The Morgan fingerprint density at radius 3 is 2.43 bits per heavy atom. The third-order valence-electron chi connectivity index (χ3n) is 6.93. The number of hydrogen-bond acceptors (Lipinski definition) is 2. The topological polar surface area (TPSA) is 0 Å². The van der Waals surface area contributed by atoms with Crippen LogP contribution in [0.25, 0.3) is 0 Å². The zero-order valence-corrected chi connectivity index (χ0v) is 16.3. The van der Waals surface area contributed by atoms with Crippen LogP contribution in [0, 0.1) is 23.7 Å². The van der Waals surface area contributed by atoms with Crippen LogP contribution in [0.3, 0.4) is 0 Å². The normalized spacial score (nSPS) is 51.6. The lowest BCUT2D eigenvalue weighted by molar-refractivity contribution is 0.525. The van der Waals surface area contributed by atoms with Crippen LogP contribution in [0.1, 0.15) is 26.7 Å². The van der Waals surface area contributed by atoms with Crippen molar-refractivity contribution in [2.75, 3.05) is 0 Å². The van der Waals surface area contributed by atoms with E-state index >= 15 is 0 Å². The zero-order chi connectivity index (χ0) is 14.8. The molecule has 3 heteroatoms. The van der Waals surface area contributed by atoms with Gasteiger partial charge in [-0.05, 0) is 58.4 Å². The second kappa shape index (κ2) is 5.21. The maximum absolute atomic E-state index is 2.75. The fourth-order valence-electron chi connectivity index (χ4n) is 6.43. The van der Waals surface area contributed by atoms with Crippen LogP contribution in [-0.2, 0) is 0 Å². The largest absolute Gasteiger partial charge is 0.130 e. The average Bonchev–Trinajstić information content (AvgIpc) is 3.07. The molecule has 0 bridgehead atoms. The van der Waals surface area contributed by atoms with Crippen LogP contribution < -0.4 is 0 Å². The second-order valence-electron chi connectivity index (χ2n) is 8.47. The smallest absolute Gasteiger partial charge is 0.0559 e. The van der Waals surface area contributed by atoms with Crippen LogP contribution in [-0.4, -0.2) is 18.6 Å². The Kier molecular flexibility index (Phi) is 3.71. The molecule has 2 saturated carbocycles. The molecule has 0 saturated heterocycles. The molecule has 2 heterocycles. The Morgan fingerprint density at radius 1 is 0.905 bits per heavy atom. The second-order valence-corrected chi connectivity index (χ2v) is 15.7. The van der Waals surface area contributed by atoms with E-state index in [1.165, 1.54) is 12.8 Å². The monoisotopic (exact) mass is 336 g/mol. The van der Waals surface area contributed by atoms with Gasteiger partial charge >= 0.3 is 0 Å². The molecule has 0 aromatic heterocycles. The van der Waals surface area contributed by atoms with Crippen molar-refractivity contribution >= 4 is 31.6 Å². The molecular formula is C18H28S2Si. The first kappa shape index (κ1) is 15.0. The predicted molar refractivity (Wildman–Crippen MR) is 101 cm³/mol. The molecular weight excluding hydrogens is 308 g/mol. The molecule has 4 aliphatic rings. The third-order valence-corrected chi connectivity index (χ3v) is 14.9. The first-order valence-electron chi connectivity index (χ1n) is 8.64. The molecule has 2 aliphatic heterocycles. The molecule has 0 N–H and O–H groups in total. The van der Waals surface area contributed by atoms with E-state index in [0.717, 1.165) is 45.3 Å². The third kappa shape index (κ3) is 2.17. The lowest BCUT2D eigenvalue weighted by atomic mass is 10.1. The minimum Gasteiger partial charge on any atom is -0.130 e. The highest BCUT2D eigenvalue weighted by Gasteiger charge is 2.57. The summed E-state index contributed by atoms with van der Waals surface area (Å²) in [7, 11) is -1.26. The molecule has 0 aromatic rings. The highest BCUT2D eigenvalue weighted by Crippen LogP contribution is 2.63. The molecule has 0 spiro atoms. The lowest BCUT2D eigenvalue weighted by Gasteiger charge is -2.44. The summed E-state index contributed by atoms with van der Waals surface area (Å²) in [4.78, 5) is 0. The Balaban J connectivity index is 1.65. The maximum atomic E-state index is 2.75. The highest BCUT2D eigenvalue weighted by molar-refractivity contribution is 8.03. The van der Waals surface area contributed by atoms with Crippen LogP contribution in [0.15, 0.2) is 23.0 Å². The first-order chi connectivity index (χ1) is 10.00. The minimum absolute atomic E-state index is 0.891. The van der Waals surface area contributed by atoms with Crippen molar-refractivity contribution in [2.24, 2.45) is 23.7 Å². The fourth-order valence-corrected chi connectivity index (χ4v) is 16.6. The zero-order valence-electron chi connectivity index (χ0n) is 13.7. The summed E-state index contributed by atoms with van der Waals surface area (Å²) in [5.74, 6) is 3.69. The molecule has 116 valence electrons. The van der Waals surface area contributed by atoms with E-state index in [4.69, 9.17) is 0 Å². The van der Waals surface area contributed by atoms with E-state index in [-0.39, 0.29) is 0 Å². The van der Waals surface area contributed by atoms with Gasteiger partial charge in [-0.25, -0.2) is 0 Å². The van der Waals surface area contributed by atoms with Gasteiger partial charge < -0.3 is 0 Å². The maximum Gasteiger partial charge on any atom is 0.0559 e. The molecule has 0 aromatic carbocycles. The van der Waals surface area contributed by atoms with Crippen LogP contribution in [0.4, 0.5) is 0 Å². The van der Waals surface area contributed by atoms with Gasteiger partial charge in [0.2, 0.25) is 0 Å². The van der Waals surface area contributed by atoms with Gasteiger partial charge in [0.25, 0.3) is 0 Å². The summed E-state index contributed by atoms with van der Waals surface area (Å²) >= 11 is 4.29. The molecule has 4 rings (SSSR count).